The van der Waals surface area contributed by atoms with E-state index in [1.807, 2.05) is 11.6 Å². The van der Waals surface area contributed by atoms with Crippen molar-refractivity contribution in [3.8, 4) is 5.69 Å². The Hall–Kier alpha value is -1.13. The molecule has 0 saturated heterocycles. The van der Waals surface area contributed by atoms with Gasteiger partial charge in [-0.05, 0) is 61.3 Å². The Labute approximate surface area is 116 Å². The van der Waals surface area contributed by atoms with Gasteiger partial charge in [-0.1, -0.05) is 17.7 Å². The molecule has 0 radical (unpaired) electrons. The van der Waals surface area contributed by atoms with Crippen LogP contribution < -0.4 is 5.73 Å². The maximum atomic E-state index is 5.64. The highest BCUT2D eigenvalue weighted by molar-refractivity contribution is 9.10. The van der Waals surface area contributed by atoms with Gasteiger partial charge in [0.1, 0.15) is 4.60 Å². The monoisotopic (exact) mass is 307 g/mol. The third-order valence-corrected chi connectivity index (χ3v) is 3.91. The van der Waals surface area contributed by atoms with E-state index in [0.29, 0.717) is 6.54 Å². The summed E-state index contributed by atoms with van der Waals surface area (Å²) in [6.07, 6.45) is 0.845. The van der Waals surface area contributed by atoms with Gasteiger partial charge in [-0.25, -0.2) is 4.68 Å². The second kappa shape index (κ2) is 5.24. The van der Waals surface area contributed by atoms with E-state index in [2.05, 4.69) is 53.1 Å². The van der Waals surface area contributed by atoms with Gasteiger partial charge in [0.25, 0.3) is 0 Å². The highest BCUT2D eigenvalue weighted by Crippen LogP contribution is 2.26. The van der Waals surface area contributed by atoms with Crippen molar-refractivity contribution in [1.82, 2.24) is 9.78 Å². The molecule has 0 spiro atoms. The molecule has 2 aromatic rings. The second-order valence-corrected chi connectivity index (χ2v) is 5.35. The fourth-order valence-corrected chi connectivity index (χ4v) is 2.92. The van der Waals surface area contributed by atoms with Crippen molar-refractivity contribution in [2.24, 2.45) is 5.73 Å². The first-order chi connectivity index (χ1) is 8.54. The van der Waals surface area contributed by atoms with Gasteiger partial charge >= 0.3 is 0 Å². The van der Waals surface area contributed by atoms with Gasteiger partial charge in [-0.2, -0.15) is 5.10 Å². The Morgan fingerprint density at radius 2 is 2.00 bits per heavy atom. The summed E-state index contributed by atoms with van der Waals surface area (Å²) in [4.78, 5) is 0. The maximum Gasteiger partial charge on any atom is 0.113 e. The third kappa shape index (κ3) is 2.35. The smallest absolute Gasteiger partial charge is 0.113 e. The van der Waals surface area contributed by atoms with E-state index in [4.69, 9.17) is 5.73 Å². The van der Waals surface area contributed by atoms with Crippen LogP contribution in [0.3, 0.4) is 0 Å². The zero-order valence-corrected chi connectivity index (χ0v) is 12.6. The third-order valence-electron chi connectivity index (χ3n) is 3.10. The Balaban J connectivity index is 2.54. The number of nitrogens with zero attached hydrogens (tertiary/aromatic N) is 2. The first-order valence-electron chi connectivity index (χ1n) is 6.06. The van der Waals surface area contributed by atoms with Gasteiger partial charge < -0.3 is 5.73 Å². The van der Waals surface area contributed by atoms with E-state index in [-0.39, 0.29) is 0 Å². The number of benzene rings is 1. The minimum atomic E-state index is 0.637. The van der Waals surface area contributed by atoms with Gasteiger partial charge in [0.05, 0.1) is 11.4 Å². The summed E-state index contributed by atoms with van der Waals surface area (Å²) < 4.78 is 2.96. The minimum Gasteiger partial charge on any atom is -0.330 e. The van der Waals surface area contributed by atoms with E-state index < -0.39 is 0 Å². The zero-order valence-electron chi connectivity index (χ0n) is 11.0. The minimum absolute atomic E-state index is 0.637. The van der Waals surface area contributed by atoms with Crippen LogP contribution in [0, 0.1) is 20.8 Å². The van der Waals surface area contributed by atoms with Crippen LogP contribution >= 0.6 is 15.9 Å². The highest BCUT2D eigenvalue weighted by Gasteiger charge is 2.14. The Morgan fingerprint density at radius 1 is 1.28 bits per heavy atom. The molecule has 0 aliphatic rings. The normalized spacial score (nSPS) is 10.9. The molecule has 1 aromatic heterocycles. The number of aromatic nitrogens is 2. The van der Waals surface area contributed by atoms with Crippen molar-refractivity contribution in [1.29, 1.82) is 0 Å². The largest absolute Gasteiger partial charge is 0.330 e. The van der Waals surface area contributed by atoms with Gasteiger partial charge in [-0.3, -0.25) is 0 Å². The first kappa shape index (κ1) is 13.3. The molecule has 0 atom stereocenters. The summed E-state index contributed by atoms with van der Waals surface area (Å²) >= 11 is 3.64. The summed E-state index contributed by atoms with van der Waals surface area (Å²) in [6.45, 7) is 6.86. The number of rotatable bonds is 3. The van der Waals surface area contributed by atoms with Gasteiger partial charge in [-0.15, -0.1) is 0 Å². The van der Waals surface area contributed by atoms with Crippen LogP contribution in [0.1, 0.15) is 22.4 Å². The molecule has 0 fully saturated rings. The van der Waals surface area contributed by atoms with Crippen molar-refractivity contribution in [3.63, 3.8) is 0 Å². The quantitative estimate of drug-likeness (QED) is 0.947. The number of aryl methyl sites for hydroxylation is 3. The molecule has 1 aromatic carbocycles. The Bertz CT molecular complexity index is 573. The lowest BCUT2D eigenvalue weighted by molar-refractivity contribution is 0.837. The molecule has 2 rings (SSSR count). The molecule has 0 aliphatic heterocycles. The Kier molecular flexibility index (Phi) is 3.88. The van der Waals surface area contributed by atoms with Crippen molar-refractivity contribution in [2.75, 3.05) is 6.54 Å². The molecule has 0 bridgehead atoms. The molecule has 3 nitrogen and oxygen atoms in total. The topological polar surface area (TPSA) is 43.8 Å². The van der Waals surface area contributed by atoms with Crippen molar-refractivity contribution in [3.05, 3.63) is 45.2 Å². The van der Waals surface area contributed by atoms with Crippen LogP contribution in [0.5, 0.6) is 0 Å². The predicted molar refractivity (Wildman–Crippen MR) is 78.2 cm³/mol. The maximum absolute atomic E-state index is 5.64. The average Bonchev–Trinajstić information content (AvgIpc) is 2.58. The van der Waals surface area contributed by atoms with E-state index in [0.717, 1.165) is 22.4 Å². The summed E-state index contributed by atoms with van der Waals surface area (Å²) in [6, 6.07) is 6.38. The summed E-state index contributed by atoms with van der Waals surface area (Å²) in [5.74, 6) is 0. The molecule has 0 aliphatic carbocycles. The second-order valence-electron chi connectivity index (χ2n) is 4.60. The van der Waals surface area contributed by atoms with Crippen LogP contribution in [-0.4, -0.2) is 16.3 Å². The van der Waals surface area contributed by atoms with E-state index in [1.165, 1.54) is 16.7 Å². The number of hydrogen-bond acceptors (Lipinski definition) is 2. The fraction of sp³-hybridized carbons (Fsp3) is 0.357. The molecule has 18 heavy (non-hydrogen) atoms. The van der Waals surface area contributed by atoms with Crippen LogP contribution in [0.25, 0.3) is 5.69 Å². The zero-order chi connectivity index (χ0) is 13.3. The molecular weight excluding hydrogens is 290 g/mol. The molecule has 4 heteroatoms. The SMILES string of the molecule is Cc1ccc(-n2nc(C)c(CCN)c2Br)c(C)c1. The molecule has 2 N–H and O–H groups in total. The summed E-state index contributed by atoms with van der Waals surface area (Å²) in [7, 11) is 0. The van der Waals surface area contributed by atoms with E-state index in [1.54, 1.807) is 0 Å². The van der Waals surface area contributed by atoms with Crippen LogP contribution in [-0.2, 0) is 6.42 Å². The number of hydrogen-bond donors (Lipinski definition) is 1. The lowest BCUT2D eigenvalue weighted by Crippen LogP contribution is -2.04. The molecule has 0 amide bonds. The van der Waals surface area contributed by atoms with Gasteiger partial charge in [0.2, 0.25) is 0 Å². The van der Waals surface area contributed by atoms with Crippen molar-refractivity contribution in [2.45, 2.75) is 27.2 Å². The highest BCUT2D eigenvalue weighted by atomic mass is 79.9. The van der Waals surface area contributed by atoms with Crippen LogP contribution in [0.4, 0.5) is 0 Å². The van der Waals surface area contributed by atoms with Gasteiger partial charge in [0.15, 0.2) is 0 Å². The molecule has 0 saturated carbocycles. The average molecular weight is 308 g/mol. The number of halogens is 1. The molecular formula is C14H18BrN3. The van der Waals surface area contributed by atoms with E-state index >= 15 is 0 Å². The van der Waals surface area contributed by atoms with Crippen LogP contribution in [0.2, 0.25) is 0 Å². The van der Waals surface area contributed by atoms with E-state index in [9.17, 15) is 0 Å². The molecule has 1 heterocycles. The predicted octanol–water partition coefficient (Wildman–Crippen LogP) is 3.06. The lowest BCUT2D eigenvalue weighted by atomic mass is 10.1. The standard InChI is InChI=1S/C14H18BrN3/c1-9-4-5-13(10(2)8-9)18-14(15)12(6-7-16)11(3)17-18/h4-5,8H,6-7,16H2,1-3H3. The summed E-state index contributed by atoms with van der Waals surface area (Å²) in [5.41, 5.74) is 11.5. The van der Waals surface area contributed by atoms with Gasteiger partial charge in [0, 0.05) is 5.56 Å². The fourth-order valence-electron chi connectivity index (χ4n) is 2.16. The molecule has 0 unspecified atom stereocenters. The van der Waals surface area contributed by atoms with Crippen molar-refractivity contribution < 1.29 is 0 Å². The molecule has 96 valence electrons. The summed E-state index contributed by atoms with van der Waals surface area (Å²) in [5, 5.41) is 4.60. The Morgan fingerprint density at radius 3 is 2.61 bits per heavy atom. The lowest BCUT2D eigenvalue weighted by Gasteiger charge is -2.08. The van der Waals surface area contributed by atoms with Crippen LogP contribution in [0.15, 0.2) is 22.8 Å². The number of nitrogens with two attached hydrogens (primary N) is 1. The first-order valence-corrected chi connectivity index (χ1v) is 6.85. The van der Waals surface area contributed by atoms with Crippen molar-refractivity contribution >= 4 is 15.9 Å².